The second kappa shape index (κ2) is 5.81. The van der Waals surface area contributed by atoms with Crippen LogP contribution < -0.4 is 5.73 Å². The number of hydrogen-bond acceptors (Lipinski definition) is 2. The predicted octanol–water partition coefficient (Wildman–Crippen LogP) is 2.94. The van der Waals surface area contributed by atoms with Gasteiger partial charge in [-0.25, -0.2) is 0 Å². The van der Waals surface area contributed by atoms with Crippen molar-refractivity contribution in [3.63, 3.8) is 0 Å². The molecule has 0 radical (unpaired) electrons. The van der Waals surface area contributed by atoms with Gasteiger partial charge in [0.1, 0.15) is 0 Å². The van der Waals surface area contributed by atoms with Gasteiger partial charge in [-0.1, -0.05) is 41.5 Å². The third kappa shape index (κ3) is 4.07. The van der Waals surface area contributed by atoms with Crippen LogP contribution in [0.2, 0.25) is 0 Å². The predicted molar refractivity (Wildman–Crippen MR) is 80.8 cm³/mol. The van der Waals surface area contributed by atoms with Gasteiger partial charge in [0.15, 0.2) is 0 Å². The summed E-state index contributed by atoms with van der Waals surface area (Å²) >= 11 is 4.98. The van der Waals surface area contributed by atoms with Gasteiger partial charge < -0.3 is 5.73 Å². The van der Waals surface area contributed by atoms with Gasteiger partial charge in [-0.05, 0) is 32.3 Å². The summed E-state index contributed by atoms with van der Waals surface area (Å²) in [5.74, 6) is 0. The van der Waals surface area contributed by atoms with Crippen LogP contribution in [0.15, 0.2) is 18.2 Å². The van der Waals surface area contributed by atoms with Gasteiger partial charge in [0.25, 0.3) is 0 Å². The van der Waals surface area contributed by atoms with Crippen molar-refractivity contribution in [2.24, 2.45) is 5.73 Å². The molecule has 1 fully saturated rings. The highest BCUT2D eigenvalue weighted by Gasteiger charge is 2.28. The molecule has 0 bridgehead atoms. The lowest BCUT2D eigenvalue weighted by Gasteiger charge is -2.22. The molecule has 1 saturated carbocycles. The summed E-state index contributed by atoms with van der Waals surface area (Å²) in [6, 6.07) is 7.53. The first kappa shape index (κ1) is 13.5. The summed E-state index contributed by atoms with van der Waals surface area (Å²) in [6.45, 7) is 6.34. The van der Waals surface area contributed by atoms with E-state index in [2.05, 4.69) is 36.9 Å². The fourth-order valence-electron chi connectivity index (χ4n) is 2.48. The molecule has 1 aromatic carbocycles. The molecule has 0 atom stereocenters. The molecule has 0 unspecified atom stereocenters. The highest BCUT2D eigenvalue weighted by molar-refractivity contribution is 7.80. The number of nitrogens with zero attached hydrogens (tertiary/aromatic N) is 1. The van der Waals surface area contributed by atoms with Crippen LogP contribution in [0.5, 0.6) is 0 Å². The molecular formula is C15H22N2S. The zero-order valence-electron chi connectivity index (χ0n) is 11.3. The van der Waals surface area contributed by atoms with Gasteiger partial charge in [-0.2, -0.15) is 0 Å². The minimum atomic E-state index is 0.626. The molecule has 1 aliphatic rings. The van der Waals surface area contributed by atoms with Crippen molar-refractivity contribution >= 4 is 17.2 Å². The Morgan fingerprint density at radius 3 is 2.39 bits per heavy atom. The second-order valence-electron chi connectivity index (χ2n) is 5.41. The summed E-state index contributed by atoms with van der Waals surface area (Å²) in [6.07, 6.45) is 3.47. The lowest BCUT2D eigenvalue weighted by atomic mass is 10.1. The molecule has 0 amide bonds. The molecule has 0 saturated heterocycles. The van der Waals surface area contributed by atoms with Gasteiger partial charge in [0.2, 0.25) is 0 Å². The Balaban J connectivity index is 2.01. The normalized spacial score (nSPS) is 15.1. The standard InChI is InChI=1S/C15H22N2S/c1-11-7-12(2)9-13(8-11)10-17(14-3-4-14)6-5-15(16)18/h7-9,14H,3-6,10H2,1-2H3,(H2,16,18). The Labute approximate surface area is 115 Å². The molecule has 0 heterocycles. The summed E-state index contributed by atoms with van der Waals surface area (Å²) in [5, 5.41) is 0. The van der Waals surface area contributed by atoms with E-state index in [-0.39, 0.29) is 0 Å². The number of nitrogens with two attached hydrogens (primary N) is 1. The van der Waals surface area contributed by atoms with Gasteiger partial charge in [0, 0.05) is 25.6 Å². The largest absolute Gasteiger partial charge is 0.393 e. The third-order valence-corrected chi connectivity index (χ3v) is 3.58. The molecule has 3 heteroatoms. The minimum Gasteiger partial charge on any atom is -0.393 e. The number of thiocarbonyl (C=S) groups is 1. The van der Waals surface area contributed by atoms with Crippen molar-refractivity contribution in [1.29, 1.82) is 0 Å². The Hall–Kier alpha value is -0.930. The van der Waals surface area contributed by atoms with Crippen LogP contribution in [0.3, 0.4) is 0 Å². The van der Waals surface area contributed by atoms with Crippen LogP contribution >= 0.6 is 12.2 Å². The summed E-state index contributed by atoms with van der Waals surface area (Å²) in [5.41, 5.74) is 9.70. The molecule has 2 nitrogen and oxygen atoms in total. The zero-order chi connectivity index (χ0) is 13.1. The minimum absolute atomic E-state index is 0.626. The highest BCUT2D eigenvalue weighted by Crippen LogP contribution is 2.28. The fraction of sp³-hybridized carbons (Fsp3) is 0.533. The van der Waals surface area contributed by atoms with Crippen molar-refractivity contribution in [2.75, 3.05) is 6.54 Å². The SMILES string of the molecule is Cc1cc(C)cc(CN(CCC(N)=S)C2CC2)c1. The first-order chi connectivity index (χ1) is 8.54. The van der Waals surface area contributed by atoms with E-state index in [0.717, 1.165) is 25.6 Å². The Morgan fingerprint density at radius 2 is 1.89 bits per heavy atom. The van der Waals surface area contributed by atoms with E-state index in [4.69, 9.17) is 18.0 Å². The van der Waals surface area contributed by atoms with E-state index in [9.17, 15) is 0 Å². The van der Waals surface area contributed by atoms with E-state index >= 15 is 0 Å². The van der Waals surface area contributed by atoms with Gasteiger partial charge >= 0.3 is 0 Å². The Bertz CT molecular complexity index is 418. The van der Waals surface area contributed by atoms with Crippen molar-refractivity contribution < 1.29 is 0 Å². The average Bonchev–Trinajstić information content (AvgIpc) is 3.06. The van der Waals surface area contributed by atoms with Crippen molar-refractivity contribution in [2.45, 2.75) is 45.7 Å². The second-order valence-corrected chi connectivity index (χ2v) is 5.94. The molecule has 98 valence electrons. The van der Waals surface area contributed by atoms with Crippen molar-refractivity contribution in [3.8, 4) is 0 Å². The number of aryl methyl sites for hydroxylation is 2. The molecule has 0 spiro atoms. The maximum Gasteiger partial charge on any atom is 0.0740 e. The van der Waals surface area contributed by atoms with E-state index in [1.807, 2.05) is 0 Å². The lowest BCUT2D eigenvalue weighted by Crippen LogP contribution is -2.29. The van der Waals surface area contributed by atoms with Crippen LogP contribution in [0.4, 0.5) is 0 Å². The molecule has 1 aliphatic carbocycles. The van der Waals surface area contributed by atoms with Gasteiger partial charge in [-0.3, -0.25) is 4.90 Å². The van der Waals surface area contributed by atoms with Crippen molar-refractivity contribution in [3.05, 3.63) is 34.9 Å². The van der Waals surface area contributed by atoms with Crippen LogP contribution in [-0.4, -0.2) is 22.5 Å². The Morgan fingerprint density at radius 1 is 1.28 bits per heavy atom. The van der Waals surface area contributed by atoms with Crippen LogP contribution in [-0.2, 0) is 6.54 Å². The van der Waals surface area contributed by atoms with E-state index in [1.165, 1.54) is 29.5 Å². The van der Waals surface area contributed by atoms with E-state index in [1.54, 1.807) is 0 Å². The summed E-state index contributed by atoms with van der Waals surface area (Å²) < 4.78 is 0. The molecule has 0 aliphatic heterocycles. The molecule has 2 rings (SSSR count). The molecule has 2 N–H and O–H groups in total. The number of hydrogen-bond donors (Lipinski definition) is 1. The van der Waals surface area contributed by atoms with Crippen LogP contribution in [0.1, 0.15) is 36.0 Å². The van der Waals surface area contributed by atoms with Gasteiger partial charge in [0.05, 0.1) is 4.99 Å². The monoisotopic (exact) mass is 262 g/mol. The van der Waals surface area contributed by atoms with Crippen LogP contribution in [0.25, 0.3) is 0 Å². The van der Waals surface area contributed by atoms with E-state index < -0.39 is 0 Å². The zero-order valence-corrected chi connectivity index (χ0v) is 12.1. The highest BCUT2D eigenvalue weighted by atomic mass is 32.1. The maximum atomic E-state index is 5.61. The molecule has 18 heavy (non-hydrogen) atoms. The van der Waals surface area contributed by atoms with Crippen LogP contribution in [0, 0.1) is 13.8 Å². The quantitative estimate of drug-likeness (QED) is 0.799. The maximum absolute atomic E-state index is 5.61. The Kier molecular flexibility index (Phi) is 4.36. The average molecular weight is 262 g/mol. The topological polar surface area (TPSA) is 29.3 Å². The smallest absolute Gasteiger partial charge is 0.0740 e. The van der Waals surface area contributed by atoms with Crippen molar-refractivity contribution in [1.82, 2.24) is 4.90 Å². The molecule has 0 aromatic heterocycles. The number of rotatable bonds is 6. The van der Waals surface area contributed by atoms with Gasteiger partial charge in [-0.15, -0.1) is 0 Å². The molecule has 1 aromatic rings. The first-order valence-electron chi connectivity index (χ1n) is 6.64. The molecular weight excluding hydrogens is 240 g/mol. The summed E-state index contributed by atoms with van der Waals surface area (Å²) in [7, 11) is 0. The first-order valence-corrected chi connectivity index (χ1v) is 7.05. The lowest BCUT2D eigenvalue weighted by molar-refractivity contribution is 0.262. The number of benzene rings is 1. The fourth-order valence-corrected chi connectivity index (χ4v) is 2.57. The summed E-state index contributed by atoms with van der Waals surface area (Å²) in [4.78, 5) is 3.15. The third-order valence-electron chi connectivity index (χ3n) is 3.38. The van der Waals surface area contributed by atoms with E-state index in [0.29, 0.717) is 4.99 Å².